The number of fused-ring (bicyclic) bond motifs is 1. The molecule has 2 heterocycles. The molecular weight excluding hydrogens is 266 g/mol. The number of imidazole rings is 1. The van der Waals surface area contributed by atoms with E-state index in [1.807, 2.05) is 17.7 Å². The predicted octanol–water partition coefficient (Wildman–Crippen LogP) is 1.66. The van der Waals surface area contributed by atoms with Crippen molar-refractivity contribution in [2.45, 2.75) is 32.9 Å². The number of hydrogen-bond donors (Lipinski definition) is 1. The van der Waals surface area contributed by atoms with Crippen molar-refractivity contribution in [1.82, 2.24) is 14.9 Å². The molecule has 1 aliphatic rings. The fourth-order valence-electron chi connectivity index (χ4n) is 2.51. The Balaban J connectivity index is 1.64. The first-order valence-corrected chi connectivity index (χ1v) is 7.04. The van der Waals surface area contributed by atoms with Crippen LogP contribution in [0.15, 0.2) is 24.7 Å². The van der Waals surface area contributed by atoms with Gasteiger partial charge >= 0.3 is 0 Å². The highest BCUT2D eigenvalue weighted by Gasteiger charge is 2.29. The summed E-state index contributed by atoms with van der Waals surface area (Å²) in [7, 11) is 1.90. The number of benzene rings is 1. The summed E-state index contributed by atoms with van der Waals surface area (Å²) in [6.07, 6.45) is 3.66. The van der Waals surface area contributed by atoms with Crippen molar-refractivity contribution >= 4 is 5.91 Å². The highest BCUT2D eigenvalue weighted by molar-refractivity contribution is 5.82. The number of amides is 1. The molecule has 21 heavy (non-hydrogen) atoms. The van der Waals surface area contributed by atoms with Gasteiger partial charge in [0.2, 0.25) is 0 Å². The third-order valence-corrected chi connectivity index (χ3v) is 4.00. The third-order valence-electron chi connectivity index (χ3n) is 4.00. The Morgan fingerprint density at radius 2 is 2.19 bits per heavy atom. The number of aryl methyl sites for hydroxylation is 3. The van der Waals surface area contributed by atoms with E-state index in [0.29, 0.717) is 13.0 Å². The van der Waals surface area contributed by atoms with E-state index >= 15 is 0 Å². The van der Waals surface area contributed by atoms with Gasteiger partial charge in [0.1, 0.15) is 5.75 Å². The van der Waals surface area contributed by atoms with Crippen LogP contribution in [0.2, 0.25) is 0 Å². The van der Waals surface area contributed by atoms with E-state index in [1.54, 1.807) is 12.5 Å². The maximum atomic E-state index is 12.2. The quantitative estimate of drug-likeness (QED) is 0.933. The van der Waals surface area contributed by atoms with Gasteiger partial charge in [0.05, 0.1) is 18.6 Å². The Morgan fingerprint density at radius 1 is 1.43 bits per heavy atom. The number of rotatable bonds is 3. The minimum atomic E-state index is -0.436. The Kier molecular flexibility index (Phi) is 3.41. The molecule has 110 valence electrons. The molecule has 5 nitrogen and oxygen atoms in total. The van der Waals surface area contributed by atoms with E-state index in [4.69, 9.17) is 4.74 Å². The van der Waals surface area contributed by atoms with Gasteiger partial charge in [0.15, 0.2) is 6.10 Å². The minimum absolute atomic E-state index is 0.0808. The van der Waals surface area contributed by atoms with Crippen molar-refractivity contribution in [3.8, 4) is 5.75 Å². The summed E-state index contributed by atoms with van der Waals surface area (Å²) in [5, 5.41) is 2.91. The van der Waals surface area contributed by atoms with Crippen LogP contribution in [0.25, 0.3) is 0 Å². The van der Waals surface area contributed by atoms with Crippen molar-refractivity contribution in [2.24, 2.45) is 7.05 Å². The Labute approximate surface area is 124 Å². The number of carbonyl (C=O) groups excluding carboxylic acids is 1. The first-order valence-electron chi connectivity index (χ1n) is 7.04. The first kappa shape index (κ1) is 13.7. The molecule has 0 spiro atoms. The summed E-state index contributed by atoms with van der Waals surface area (Å²) < 4.78 is 7.66. The molecule has 0 bridgehead atoms. The lowest BCUT2D eigenvalue weighted by atomic mass is 10.0. The van der Waals surface area contributed by atoms with E-state index < -0.39 is 6.10 Å². The molecule has 0 fully saturated rings. The monoisotopic (exact) mass is 285 g/mol. The smallest absolute Gasteiger partial charge is 0.261 e. The topological polar surface area (TPSA) is 56.1 Å². The van der Waals surface area contributed by atoms with E-state index in [2.05, 4.69) is 30.2 Å². The molecule has 1 aliphatic heterocycles. The standard InChI is InChI=1S/C16H19N3O2/c1-10-4-12-6-15(21-14(12)5-11(10)2)16(20)18-8-13-7-17-9-19(13)3/h4-5,7,9,15H,6,8H2,1-3H3,(H,18,20). The molecule has 2 aromatic rings. The van der Waals surface area contributed by atoms with E-state index in [-0.39, 0.29) is 5.91 Å². The lowest BCUT2D eigenvalue weighted by Gasteiger charge is -2.11. The second kappa shape index (κ2) is 5.24. The maximum absolute atomic E-state index is 12.2. The molecule has 1 amide bonds. The summed E-state index contributed by atoms with van der Waals surface area (Å²) in [5.41, 5.74) is 4.49. The minimum Gasteiger partial charge on any atom is -0.480 e. The number of nitrogens with one attached hydrogen (secondary N) is 1. The second-order valence-corrected chi connectivity index (χ2v) is 5.57. The van der Waals surface area contributed by atoms with Crippen molar-refractivity contribution in [1.29, 1.82) is 0 Å². The van der Waals surface area contributed by atoms with Crippen LogP contribution < -0.4 is 10.1 Å². The zero-order valence-corrected chi connectivity index (χ0v) is 12.5. The molecule has 1 N–H and O–H groups in total. The number of carbonyl (C=O) groups is 1. The van der Waals surface area contributed by atoms with Gasteiger partial charge in [-0.2, -0.15) is 0 Å². The van der Waals surface area contributed by atoms with Crippen LogP contribution in [-0.2, 0) is 24.8 Å². The highest BCUT2D eigenvalue weighted by atomic mass is 16.5. The van der Waals surface area contributed by atoms with Crippen LogP contribution in [0.3, 0.4) is 0 Å². The summed E-state index contributed by atoms with van der Waals surface area (Å²) >= 11 is 0. The molecule has 1 atom stereocenters. The summed E-state index contributed by atoms with van der Waals surface area (Å²) in [6, 6.07) is 4.12. The summed E-state index contributed by atoms with van der Waals surface area (Å²) in [6.45, 7) is 4.59. The molecular formula is C16H19N3O2. The largest absolute Gasteiger partial charge is 0.480 e. The lowest BCUT2D eigenvalue weighted by molar-refractivity contribution is -0.127. The van der Waals surface area contributed by atoms with Crippen molar-refractivity contribution < 1.29 is 9.53 Å². The fraction of sp³-hybridized carbons (Fsp3) is 0.375. The molecule has 0 saturated heterocycles. The Bertz CT molecular complexity index is 660. The molecule has 5 heteroatoms. The average molecular weight is 285 g/mol. The summed E-state index contributed by atoms with van der Waals surface area (Å²) in [4.78, 5) is 16.3. The Hall–Kier alpha value is -2.30. The van der Waals surface area contributed by atoms with E-state index in [0.717, 1.165) is 17.0 Å². The van der Waals surface area contributed by atoms with Gasteiger partial charge in [-0.05, 0) is 36.6 Å². The molecule has 0 radical (unpaired) electrons. The van der Waals surface area contributed by atoms with E-state index in [9.17, 15) is 4.79 Å². The zero-order chi connectivity index (χ0) is 15.0. The Morgan fingerprint density at radius 3 is 2.90 bits per heavy atom. The molecule has 1 aromatic carbocycles. The van der Waals surface area contributed by atoms with Crippen LogP contribution in [0.1, 0.15) is 22.4 Å². The average Bonchev–Trinajstić information content (AvgIpc) is 3.03. The van der Waals surface area contributed by atoms with Gasteiger partial charge in [-0.15, -0.1) is 0 Å². The van der Waals surface area contributed by atoms with Gasteiger partial charge in [-0.25, -0.2) is 4.98 Å². The molecule has 0 aliphatic carbocycles. The van der Waals surface area contributed by atoms with Crippen LogP contribution in [0.4, 0.5) is 0 Å². The van der Waals surface area contributed by atoms with Gasteiger partial charge in [-0.3, -0.25) is 4.79 Å². The number of aromatic nitrogens is 2. The van der Waals surface area contributed by atoms with Gasteiger partial charge < -0.3 is 14.6 Å². The maximum Gasteiger partial charge on any atom is 0.261 e. The zero-order valence-electron chi connectivity index (χ0n) is 12.5. The van der Waals surface area contributed by atoms with Crippen molar-refractivity contribution in [3.05, 3.63) is 47.0 Å². The normalized spacial score (nSPS) is 16.4. The first-order chi connectivity index (χ1) is 10.0. The van der Waals surface area contributed by atoms with Crippen molar-refractivity contribution in [2.75, 3.05) is 0 Å². The fourth-order valence-corrected chi connectivity index (χ4v) is 2.51. The van der Waals surface area contributed by atoms with Gasteiger partial charge in [0.25, 0.3) is 5.91 Å². The van der Waals surface area contributed by atoms with Crippen LogP contribution in [0, 0.1) is 13.8 Å². The van der Waals surface area contributed by atoms with Crippen LogP contribution in [-0.4, -0.2) is 21.6 Å². The lowest BCUT2D eigenvalue weighted by Crippen LogP contribution is -2.37. The molecule has 1 unspecified atom stereocenters. The summed E-state index contributed by atoms with van der Waals surface area (Å²) in [5.74, 6) is 0.751. The highest BCUT2D eigenvalue weighted by Crippen LogP contribution is 2.31. The SMILES string of the molecule is Cc1cc2c(cc1C)OC(C(=O)NCc1cncn1C)C2. The van der Waals surface area contributed by atoms with Gasteiger partial charge in [0, 0.05) is 19.7 Å². The molecule has 0 saturated carbocycles. The van der Waals surface area contributed by atoms with Crippen LogP contribution in [0.5, 0.6) is 5.75 Å². The van der Waals surface area contributed by atoms with E-state index in [1.165, 1.54) is 11.1 Å². The second-order valence-electron chi connectivity index (χ2n) is 5.57. The third kappa shape index (κ3) is 2.63. The molecule has 3 rings (SSSR count). The molecule has 1 aromatic heterocycles. The number of ether oxygens (including phenoxy) is 1. The van der Waals surface area contributed by atoms with Gasteiger partial charge in [-0.1, -0.05) is 6.07 Å². The van der Waals surface area contributed by atoms with Crippen molar-refractivity contribution in [3.63, 3.8) is 0 Å². The van der Waals surface area contributed by atoms with Crippen LogP contribution >= 0.6 is 0 Å². The number of nitrogens with zero attached hydrogens (tertiary/aromatic N) is 2. The number of hydrogen-bond acceptors (Lipinski definition) is 3. The predicted molar refractivity (Wildman–Crippen MR) is 79.1 cm³/mol.